The molecule has 0 fully saturated rings. The van der Waals surface area contributed by atoms with Crippen molar-refractivity contribution in [1.29, 1.82) is 0 Å². The maximum Gasteiger partial charge on any atom is 0.322 e. The highest BCUT2D eigenvalue weighted by Gasteiger charge is 2.23. The van der Waals surface area contributed by atoms with Crippen LogP contribution in [0, 0.1) is 0 Å². The minimum absolute atomic E-state index is 0.0469. The molecule has 0 saturated heterocycles. The van der Waals surface area contributed by atoms with Crippen LogP contribution in [0.15, 0.2) is 77.1 Å². The predicted octanol–water partition coefficient (Wildman–Crippen LogP) is 3.08. The fourth-order valence-electron chi connectivity index (χ4n) is 3.08. The lowest BCUT2D eigenvalue weighted by atomic mass is 10.2. The summed E-state index contributed by atoms with van der Waals surface area (Å²) in [6, 6.07) is 10.6. The minimum Gasteiger partial charge on any atom is -0.454 e. The first-order valence-corrected chi connectivity index (χ1v) is 11.2. The third kappa shape index (κ3) is 4.64. The smallest absolute Gasteiger partial charge is 0.322 e. The van der Waals surface area contributed by atoms with Crippen molar-refractivity contribution in [1.82, 2.24) is 14.5 Å². The van der Waals surface area contributed by atoms with Gasteiger partial charge in [0.05, 0.1) is 4.90 Å². The first-order valence-electron chi connectivity index (χ1n) is 9.79. The summed E-state index contributed by atoms with van der Waals surface area (Å²) in [6.45, 7) is 7.58. The van der Waals surface area contributed by atoms with E-state index in [4.69, 9.17) is 13.9 Å². The van der Waals surface area contributed by atoms with Gasteiger partial charge in [-0.2, -0.15) is 4.31 Å². The van der Waals surface area contributed by atoms with E-state index < -0.39 is 15.9 Å². The van der Waals surface area contributed by atoms with Crippen LogP contribution in [0.3, 0.4) is 0 Å². The second-order valence-electron chi connectivity index (χ2n) is 6.86. The Bertz CT molecular complexity index is 1290. The third-order valence-corrected chi connectivity index (χ3v) is 6.53. The molecule has 0 atom stereocenters. The van der Waals surface area contributed by atoms with Crippen molar-refractivity contribution in [3.8, 4) is 23.0 Å². The number of sulfonamides is 1. The van der Waals surface area contributed by atoms with Crippen molar-refractivity contribution in [2.75, 3.05) is 25.2 Å². The van der Waals surface area contributed by atoms with Gasteiger partial charge in [-0.25, -0.2) is 8.42 Å². The molecular formula is C22H20N4O6S. The van der Waals surface area contributed by atoms with Crippen molar-refractivity contribution in [2.24, 2.45) is 0 Å². The fraction of sp³-hybridized carbons (Fsp3) is 0.136. The predicted molar refractivity (Wildman–Crippen MR) is 119 cm³/mol. The number of nitrogens with zero attached hydrogens (tertiary/aromatic N) is 3. The molecule has 0 radical (unpaired) electrons. The fourth-order valence-corrected chi connectivity index (χ4v) is 4.46. The van der Waals surface area contributed by atoms with Gasteiger partial charge in [-0.1, -0.05) is 17.3 Å². The number of hydrogen-bond donors (Lipinski definition) is 1. The molecule has 4 rings (SSSR count). The van der Waals surface area contributed by atoms with Crippen molar-refractivity contribution < 1.29 is 27.1 Å². The highest BCUT2D eigenvalue weighted by Crippen LogP contribution is 2.35. The van der Waals surface area contributed by atoms with Crippen LogP contribution < -0.4 is 14.8 Å². The van der Waals surface area contributed by atoms with E-state index in [1.807, 2.05) is 0 Å². The lowest BCUT2D eigenvalue weighted by Crippen LogP contribution is -2.31. The van der Waals surface area contributed by atoms with E-state index in [0.717, 1.165) is 0 Å². The van der Waals surface area contributed by atoms with E-state index in [1.165, 1.54) is 40.7 Å². The lowest BCUT2D eigenvalue weighted by Gasteiger charge is -2.19. The largest absolute Gasteiger partial charge is 0.454 e. The lowest BCUT2D eigenvalue weighted by molar-refractivity contribution is 0.102. The van der Waals surface area contributed by atoms with Gasteiger partial charge in [-0.3, -0.25) is 10.1 Å². The molecule has 0 spiro atoms. The molecule has 1 aliphatic heterocycles. The molecule has 0 saturated carbocycles. The number of benzene rings is 2. The number of amides is 1. The highest BCUT2D eigenvalue weighted by molar-refractivity contribution is 7.89. The van der Waals surface area contributed by atoms with E-state index in [0.29, 0.717) is 17.1 Å². The minimum atomic E-state index is -3.76. The zero-order valence-corrected chi connectivity index (χ0v) is 18.2. The Morgan fingerprint density at radius 1 is 1.03 bits per heavy atom. The SMILES string of the molecule is C=CCN(CC=C)S(=O)(=O)c1ccc(C(=O)Nc2nnc(-c3ccc4c(c3)OCO4)o2)cc1. The molecule has 3 aromatic rings. The van der Waals surface area contributed by atoms with Crippen LogP contribution in [0.1, 0.15) is 10.4 Å². The van der Waals surface area contributed by atoms with Crippen LogP contribution in [-0.2, 0) is 10.0 Å². The number of hydrogen-bond acceptors (Lipinski definition) is 8. The zero-order valence-electron chi connectivity index (χ0n) is 17.4. The Morgan fingerprint density at radius 2 is 1.73 bits per heavy atom. The number of nitrogens with one attached hydrogen (secondary N) is 1. The molecule has 0 unspecified atom stereocenters. The van der Waals surface area contributed by atoms with Gasteiger partial charge in [0.15, 0.2) is 11.5 Å². The number of aromatic nitrogens is 2. The summed E-state index contributed by atoms with van der Waals surface area (Å²) in [5, 5.41) is 10.3. The number of ether oxygens (including phenoxy) is 2. The summed E-state index contributed by atoms with van der Waals surface area (Å²) in [5.41, 5.74) is 0.821. The van der Waals surface area contributed by atoms with Crippen molar-refractivity contribution >= 4 is 21.9 Å². The molecule has 1 aromatic heterocycles. The molecule has 0 bridgehead atoms. The Morgan fingerprint density at radius 3 is 2.42 bits per heavy atom. The molecule has 11 heteroatoms. The van der Waals surface area contributed by atoms with Gasteiger partial charge < -0.3 is 13.9 Å². The second kappa shape index (κ2) is 9.27. The number of anilines is 1. The van der Waals surface area contributed by atoms with E-state index >= 15 is 0 Å². The van der Waals surface area contributed by atoms with Crippen LogP contribution in [0.25, 0.3) is 11.5 Å². The van der Waals surface area contributed by atoms with Gasteiger partial charge in [-0.05, 0) is 42.5 Å². The van der Waals surface area contributed by atoms with Crippen LogP contribution >= 0.6 is 0 Å². The highest BCUT2D eigenvalue weighted by atomic mass is 32.2. The summed E-state index contributed by atoms with van der Waals surface area (Å²) in [7, 11) is -3.76. The average molecular weight is 468 g/mol. The molecule has 10 nitrogen and oxygen atoms in total. The van der Waals surface area contributed by atoms with Crippen molar-refractivity contribution in [3.63, 3.8) is 0 Å². The third-order valence-electron chi connectivity index (χ3n) is 4.68. The monoisotopic (exact) mass is 468 g/mol. The molecule has 1 aliphatic rings. The number of carbonyl (C=O) groups is 1. The quantitative estimate of drug-likeness (QED) is 0.475. The number of fused-ring (bicyclic) bond motifs is 1. The summed E-state index contributed by atoms with van der Waals surface area (Å²) in [6.07, 6.45) is 2.98. The van der Waals surface area contributed by atoms with Gasteiger partial charge in [0.2, 0.25) is 22.7 Å². The van der Waals surface area contributed by atoms with Gasteiger partial charge in [0, 0.05) is 24.2 Å². The zero-order chi connectivity index (χ0) is 23.4. The normalized spacial score (nSPS) is 12.5. The first kappa shape index (κ1) is 22.2. The maximum absolute atomic E-state index is 12.8. The van der Waals surface area contributed by atoms with Crippen LogP contribution in [-0.4, -0.2) is 48.7 Å². The second-order valence-corrected chi connectivity index (χ2v) is 8.80. The number of carbonyl (C=O) groups excluding carboxylic acids is 1. The molecule has 2 aromatic carbocycles. The molecular weight excluding hydrogens is 448 g/mol. The van der Waals surface area contributed by atoms with E-state index in [1.54, 1.807) is 18.2 Å². The van der Waals surface area contributed by atoms with Gasteiger partial charge in [-0.15, -0.1) is 18.3 Å². The average Bonchev–Trinajstić information content (AvgIpc) is 3.48. The first-order chi connectivity index (χ1) is 15.9. The summed E-state index contributed by atoms with van der Waals surface area (Å²) in [4.78, 5) is 12.6. The molecule has 0 aliphatic carbocycles. The van der Waals surface area contributed by atoms with E-state index in [2.05, 4.69) is 28.7 Å². The Balaban J connectivity index is 1.46. The molecule has 33 heavy (non-hydrogen) atoms. The van der Waals surface area contributed by atoms with E-state index in [9.17, 15) is 13.2 Å². The molecule has 1 amide bonds. The summed E-state index contributed by atoms with van der Waals surface area (Å²) >= 11 is 0. The molecule has 2 heterocycles. The van der Waals surface area contributed by atoms with Crippen LogP contribution in [0.5, 0.6) is 11.5 Å². The summed E-state index contributed by atoms with van der Waals surface area (Å²) in [5.74, 6) is 0.837. The number of rotatable bonds is 9. The van der Waals surface area contributed by atoms with Gasteiger partial charge >= 0.3 is 6.01 Å². The molecule has 170 valence electrons. The topological polar surface area (TPSA) is 124 Å². The Hall–Kier alpha value is -3.96. The van der Waals surface area contributed by atoms with Crippen LogP contribution in [0.2, 0.25) is 0 Å². The standard InChI is InChI=1S/C22H20N4O6S/c1-3-11-26(12-4-2)33(28,29)17-8-5-15(6-9-17)20(27)23-22-25-24-21(32-22)16-7-10-18-19(13-16)31-14-30-18/h3-10,13H,1-2,11-12,14H2,(H,23,25,27). The Kier molecular flexibility index (Phi) is 6.24. The van der Waals surface area contributed by atoms with Crippen LogP contribution in [0.4, 0.5) is 6.01 Å². The van der Waals surface area contributed by atoms with Gasteiger partial charge in [0.25, 0.3) is 5.91 Å². The van der Waals surface area contributed by atoms with Crippen molar-refractivity contribution in [2.45, 2.75) is 4.90 Å². The van der Waals surface area contributed by atoms with Gasteiger partial charge in [0.1, 0.15) is 0 Å². The molecule has 1 N–H and O–H groups in total. The van der Waals surface area contributed by atoms with E-state index in [-0.39, 0.29) is 42.2 Å². The Labute approximate surface area is 190 Å². The van der Waals surface area contributed by atoms with Crippen molar-refractivity contribution in [3.05, 3.63) is 73.3 Å². The summed E-state index contributed by atoms with van der Waals surface area (Å²) < 4.78 is 42.9. The maximum atomic E-state index is 12.8.